The van der Waals surface area contributed by atoms with Crippen molar-refractivity contribution in [3.63, 3.8) is 0 Å². The Morgan fingerprint density at radius 2 is 0.746 bits per heavy atom. The lowest BCUT2D eigenvalue weighted by Crippen LogP contribution is -2.14. The van der Waals surface area contributed by atoms with Crippen LogP contribution in [0.25, 0.3) is 109 Å². The van der Waals surface area contributed by atoms with Crippen molar-refractivity contribution in [1.29, 1.82) is 0 Å². The van der Waals surface area contributed by atoms with E-state index in [1.54, 1.807) is 0 Å². The van der Waals surface area contributed by atoms with E-state index in [0.29, 0.717) is 0 Å². The highest BCUT2D eigenvalue weighted by Gasteiger charge is 2.36. The van der Waals surface area contributed by atoms with Gasteiger partial charge in [-0.25, -0.2) is 0 Å². The summed E-state index contributed by atoms with van der Waals surface area (Å²) in [6.07, 6.45) is 0. The van der Waals surface area contributed by atoms with Gasteiger partial charge in [0.1, 0.15) is 0 Å². The van der Waals surface area contributed by atoms with Crippen molar-refractivity contribution in [2.24, 2.45) is 0 Å². The molecule has 59 heavy (non-hydrogen) atoms. The topological polar surface area (TPSA) is 0 Å². The maximum atomic E-state index is 2.44. The molecule has 0 spiro atoms. The second-order valence-electron chi connectivity index (χ2n) is 16.8. The van der Waals surface area contributed by atoms with Crippen LogP contribution in [-0.2, 0) is 5.41 Å². The quantitative estimate of drug-likeness (QED) is 0.124. The highest BCUT2D eigenvalue weighted by molar-refractivity contribution is 6.22. The third-order valence-electron chi connectivity index (χ3n) is 13.2. The zero-order chi connectivity index (χ0) is 39.2. The number of rotatable bonds is 4. The monoisotopic (exact) mass is 748 g/mol. The van der Waals surface area contributed by atoms with E-state index in [4.69, 9.17) is 0 Å². The summed E-state index contributed by atoms with van der Waals surface area (Å²) in [6, 6.07) is 76.9. The number of hydrogen-bond donors (Lipinski definition) is 0. The van der Waals surface area contributed by atoms with E-state index >= 15 is 0 Å². The van der Waals surface area contributed by atoms with E-state index in [9.17, 15) is 0 Å². The Morgan fingerprint density at radius 3 is 1.44 bits per heavy atom. The standard InChI is InChI=1S/C59H40/c1-59(2)54-32-31-41(35-53(54)58-45-19-6-3-14-37(45)30-33-55(58)59)40-16-13-17-43(34-40)57-50-24-11-9-22-48(50)56(49-23-10-12-25-51(49)57)39-28-26-38(27-29-39)52-36-42-15-4-5-18-44(42)46-20-7-8-21-47(46)52/h3-36H,1-2H3. The van der Waals surface area contributed by atoms with Crippen LogP contribution in [0.1, 0.15) is 25.0 Å². The molecule has 1 aliphatic rings. The van der Waals surface area contributed by atoms with Crippen LogP contribution in [0.15, 0.2) is 206 Å². The molecule has 0 N–H and O–H groups in total. The minimum Gasteiger partial charge on any atom is -0.0616 e. The fourth-order valence-electron chi connectivity index (χ4n) is 10.4. The molecule has 0 saturated carbocycles. The molecule has 276 valence electrons. The third-order valence-corrected chi connectivity index (χ3v) is 13.2. The summed E-state index contributed by atoms with van der Waals surface area (Å²) in [6.45, 7) is 4.74. The van der Waals surface area contributed by atoms with Gasteiger partial charge in [0, 0.05) is 5.41 Å². The Morgan fingerprint density at radius 1 is 0.254 bits per heavy atom. The Hall–Kier alpha value is -7.28. The van der Waals surface area contributed by atoms with Crippen molar-refractivity contribution in [3.8, 4) is 55.6 Å². The average Bonchev–Trinajstić information content (AvgIpc) is 3.53. The first kappa shape index (κ1) is 33.8. The molecule has 0 heteroatoms. The molecular formula is C59H40. The molecule has 0 fully saturated rings. The van der Waals surface area contributed by atoms with Crippen LogP contribution in [0.5, 0.6) is 0 Å². The van der Waals surface area contributed by atoms with Crippen molar-refractivity contribution in [1.82, 2.24) is 0 Å². The van der Waals surface area contributed by atoms with Gasteiger partial charge in [-0.05, 0) is 139 Å². The van der Waals surface area contributed by atoms with E-state index in [2.05, 4.69) is 220 Å². The molecule has 0 atom stereocenters. The van der Waals surface area contributed by atoms with Crippen LogP contribution in [0.4, 0.5) is 0 Å². The van der Waals surface area contributed by atoms with Gasteiger partial charge < -0.3 is 0 Å². The number of fused-ring (bicyclic) bond motifs is 10. The molecule has 0 saturated heterocycles. The predicted octanol–water partition coefficient (Wildman–Crippen LogP) is 16.4. The average molecular weight is 749 g/mol. The van der Waals surface area contributed by atoms with Gasteiger partial charge in [-0.15, -0.1) is 0 Å². The van der Waals surface area contributed by atoms with Crippen molar-refractivity contribution in [2.45, 2.75) is 19.3 Å². The van der Waals surface area contributed by atoms with Gasteiger partial charge in [0.25, 0.3) is 0 Å². The molecule has 0 amide bonds. The van der Waals surface area contributed by atoms with Crippen molar-refractivity contribution in [2.75, 3.05) is 0 Å². The van der Waals surface area contributed by atoms with Crippen LogP contribution >= 0.6 is 0 Å². The van der Waals surface area contributed by atoms with Gasteiger partial charge in [-0.2, -0.15) is 0 Å². The van der Waals surface area contributed by atoms with E-state index < -0.39 is 0 Å². The summed E-state index contributed by atoms with van der Waals surface area (Å²) in [4.78, 5) is 0. The third kappa shape index (κ3) is 5.09. The largest absolute Gasteiger partial charge is 0.0616 e. The van der Waals surface area contributed by atoms with Gasteiger partial charge >= 0.3 is 0 Å². The molecule has 0 nitrogen and oxygen atoms in total. The first-order valence-corrected chi connectivity index (χ1v) is 20.8. The van der Waals surface area contributed by atoms with Crippen LogP contribution in [0, 0.1) is 0 Å². The van der Waals surface area contributed by atoms with Crippen molar-refractivity contribution >= 4 is 53.9 Å². The molecule has 12 rings (SSSR count). The fourth-order valence-corrected chi connectivity index (χ4v) is 10.4. The van der Waals surface area contributed by atoms with Crippen LogP contribution in [-0.4, -0.2) is 0 Å². The molecule has 11 aromatic rings. The maximum absolute atomic E-state index is 2.44. The van der Waals surface area contributed by atoms with Crippen molar-refractivity contribution in [3.05, 3.63) is 217 Å². The van der Waals surface area contributed by atoms with E-state index in [-0.39, 0.29) is 5.41 Å². The van der Waals surface area contributed by atoms with Crippen LogP contribution < -0.4 is 0 Å². The SMILES string of the molecule is CC1(C)c2ccc(-c3cccc(-c4c5ccccc5c(-c5ccc(-c6cc7ccccc7c7ccccc67)cc5)c5ccccc45)c3)cc2-c2c1ccc1ccccc21. The number of benzene rings is 11. The molecule has 0 heterocycles. The molecule has 0 unspecified atom stereocenters. The predicted molar refractivity (Wildman–Crippen MR) is 253 cm³/mol. The lowest BCUT2D eigenvalue weighted by molar-refractivity contribution is 0.661. The normalized spacial score (nSPS) is 13.1. The molecule has 0 bridgehead atoms. The summed E-state index contributed by atoms with van der Waals surface area (Å²) in [5.74, 6) is 0. The summed E-state index contributed by atoms with van der Waals surface area (Å²) in [7, 11) is 0. The zero-order valence-corrected chi connectivity index (χ0v) is 33.1. The summed E-state index contributed by atoms with van der Waals surface area (Å²) in [5, 5.41) is 12.8. The molecule has 11 aromatic carbocycles. The minimum atomic E-state index is -0.0558. The van der Waals surface area contributed by atoms with Crippen LogP contribution in [0.3, 0.4) is 0 Å². The fraction of sp³-hybridized carbons (Fsp3) is 0.0508. The zero-order valence-electron chi connectivity index (χ0n) is 33.1. The van der Waals surface area contributed by atoms with Gasteiger partial charge in [-0.1, -0.05) is 202 Å². The lowest BCUT2D eigenvalue weighted by atomic mass is 9.81. The van der Waals surface area contributed by atoms with Gasteiger partial charge in [0.05, 0.1) is 0 Å². The van der Waals surface area contributed by atoms with Crippen LogP contribution in [0.2, 0.25) is 0 Å². The van der Waals surface area contributed by atoms with E-state index in [0.717, 1.165) is 0 Å². The Kier molecular flexibility index (Phi) is 7.38. The smallest absolute Gasteiger partial charge is 0.0159 e. The second-order valence-corrected chi connectivity index (χ2v) is 16.8. The maximum Gasteiger partial charge on any atom is 0.0159 e. The molecule has 0 radical (unpaired) electrons. The summed E-state index contributed by atoms with van der Waals surface area (Å²) < 4.78 is 0. The first-order chi connectivity index (χ1) is 29.0. The van der Waals surface area contributed by atoms with Gasteiger partial charge in [0.2, 0.25) is 0 Å². The molecule has 1 aliphatic carbocycles. The van der Waals surface area contributed by atoms with Gasteiger partial charge in [0.15, 0.2) is 0 Å². The Labute approximate surface area is 344 Å². The van der Waals surface area contributed by atoms with E-state index in [1.807, 2.05) is 0 Å². The summed E-state index contributed by atoms with van der Waals surface area (Å²) in [5.41, 5.74) is 15.5. The lowest BCUT2D eigenvalue weighted by Gasteiger charge is -2.21. The Balaban J connectivity index is 0.999. The highest BCUT2D eigenvalue weighted by atomic mass is 14.4. The Bertz CT molecular complexity index is 3450. The van der Waals surface area contributed by atoms with E-state index in [1.165, 1.54) is 121 Å². The number of hydrogen-bond acceptors (Lipinski definition) is 0. The molecule has 0 aromatic heterocycles. The summed E-state index contributed by atoms with van der Waals surface area (Å²) >= 11 is 0. The minimum absolute atomic E-state index is 0.0558. The molecule has 0 aliphatic heterocycles. The second kappa shape index (κ2) is 12.9. The first-order valence-electron chi connectivity index (χ1n) is 20.8. The van der Waals surface area contributed by atoms with Crippen molar-refractivity contribution < 1.29 is 0 Å². The van der Waals surface area contributed by atoms with Gasteiger partial charge in [-0.3, -0.25) is 0 Å². The molecular weight excluding hydrogens is 709 g/mol. The highest BCUT2D eigenvalue weighted by Crippen LogP contribution is 2.52.